The molecule has 2 saturated heterocycles. The minimum absolute atomic E-state index is 1.14. The molecule has 6 N–H and O–H groups in total. The molecule has 0 atom stereocenters. The highest BCUT2D eigenvalue weighted by Gasteiger charge is 2.27. The highest BCUT2D eigenvalue weighted by Crippen LogP contribution is 2.53. The monoisotopic (exact) mass is 348 g/mol. The van der Waals surface area contributed by atoms with Crippen LogP contribution in [0.5, 0.6) is 0 Å². The molecule has 0 spiro atoms. The second-order valence-electron chi connectivity index (χ2n) is 4.47. The van der Waals surface area contributed by atoms with Gasteiger partial charge < -0.3 is 30.2 Å². The normalized spacial score (nSPS) is 22.5. The van der Waals surface area contributed by atoms with E-state index < -0.39 is 15.6 Å². The summed E-state index contributed by atoms with van der Waals surface area (Å²) in [6.07, 6.45) is 0. The summed E-state index contributed by atoms with van der Waals surface area (Å²) in [5, 5.41) is 11.7. The molecule has 0 aromatic heterocycles. The lowest BCUT2D eigenvalue weighted by molar-refractivity contribution is -0.0417. The molecule has 11 nitrogen and oxygen atoms in total. The van der Waals surface area contributed by atoms with E-state index in [-0.39, 0.29) is 0 Å². The van der Waals surface area contributed by atoms with Gasteiger partial charge in [0, 0.05) is 52.4 Å². The number of hydrogen-bond acceptors (Lipinski definition) is 7. The largest absolute Gasteiger partial charge is 0.478 e. The maximum Gasteiger partial charge on any atom is 0.478 e. The van der Waals surface area contributed by atoms with Gasteiger partial charge in [-0.3, -0.25) is 0 Å². The van der Waals surface area contributed by atoms with Crippen LogP contribution >= 0.6 is 15.6 Å². The van der Waals surface area contributed by atoms with Crippen molar-refractivity contribution < 1.29 is 33.0 Å². The van der Waals surface area contributed by atoms with E-state index in [2.05, 4.69) is 25.0 Å². The molecule has 0 unspecified atom stereocenters. The summed E-state index contributed by atoms with van der Waals surface area (Å²) in [6.45, 7) is 9.29. The third-order valence-electron chi connectivity index (χ3n) is 2.80. The molecule has 2 rings (SSSR count). The Bertz CT molecular complexity index is 352. The van der Waals surface area contributed by atoms with Crippen LogP contribution < -0.4 is 10.6 Å². The van der Waals surface area contributed by atoms with E-state index in [0.29, 0.717) is 0 Å². The Morgan fingerprint density at radius 2 is 1.00 bits per heavy atom. The summed E-state index contributed by atoms with van der Waals surface area (Å²) in [5.41, 5.74) is 0. The molecular weight excluding hydrogens is 326 g/mol. The number of piperazine rings is 2. The van der Waals surface area contributed by atoms with E-state index >= 15 is 0 Å². The summed E-state index contributed by atoms with van der Waals surface area (Å²) < 4.78 is 22.2. The molecular formula is C8H22N4O7P2. The van der Waals surface area contributed by atoms with Gasteiger partial charge in [-0.2, -0.15) is 4.31 Å². The lowest BCUT2D eigenvalue weighted by Gasteiger charge is -2.39. The number of nitrogens with one attached hydrogen (secondary N) is 2. The van der Waals surface area contributed by atoms with Gasteiger partial charge in [-0.1, -0.05) is 0 Å². The summed E-state index contributed by atoms with van der Waals surface area (Å²) >= 11 is 0. The van der Waals surface area contributed by atoms with Crippen molar-refractivity contribution in [2.75, 3.05) is 52.4 Å². The van der Waals surface area contributed by atoms with Crippen molar-refractivity contribution in [1.29, 1.82) is 0 Å². The first-order valence-electron chi connectivity index (χ1n) is 6.41. The molecule has 0 bridgehead atoms. The Hall–Kier alpha value is 0.100. The van der Waals surface area contributed by atoms with Crippen LogP contribution in [0.15, 0.2) is 0 Å². The Morgan fingerprint density at radius 3 is 1.19 bits per heavy atom. The minimum Gasteiger partial charge on any atom is -0.314 e. The second kappa shape index (κ2) is 8.66. The third kappa shape index (κ3) is 9.67. The molecule has 0 amide bonds. The maximum absolute atomic E-state index is 9.63. The first-order valence-corrected chi connectivity index (χ1v) is 9.47. The zero-order chi connectivity index (χ0) is 15.9. The highest BCUT2D eigenvalue weighted by molar-refractivity contribution is 7.60. The van der Waals surface area contributed by atoms with Crippen molar-refractivity contribution in [3.8, 4) is 0 Å². The van der Waals surface area contributed by atoms with E-state index in [4.69, 9.17) is 19.6 Å². The van der Waals surface area contributed by atoms with Gasteiger partial charge in [0.05, 0.1) is 0 Å². The second-order valence-corrected chi connectivity index (χ2v) is 7.09. The van der Waals surface area contributed by atoms with Gasteiger partial charge in [0.1, 0.15) is 0 Å². The average Bonchev–Trinajstić information content (AvgIpc) is 2.37. The van der Waals surface area contributed by atoms with Gasteiger partial charge in [0.15, 0.2) is 0 Å². The van der Waals surface area contributed by atoms with Crippen LogP contribution in [0.25, 0.3) is 0 Å². The molecule has 0 aromatic rings. The molecule has 2 aliphatic rings. The molecule has 0 aliphatic carbocycles. The molecule has 2 fully saturated rings. The molecule has 0 aromatic carbocycles. The number of hydrazine groups is 1. The first-order chi connectivity index (χ1) is 9.67. The van der Waals surface area contributed by atoms with E-state index in [1.54, 1.807) is 0 Å². The molecule has 13 heteroatoms. The van der Waals surface area contributed by atoms with E-state index in [1.807, 2.05) is 0 Å². The zero-order valence-corrected chi connectivity index (χ0v) is 13.2. The SMILES string of the molecule is C1CN(N2CCNCC2)CCN1.O=P(O)(O)OP(=O)(O)O. The van der Waals surface area contributed by atoms with Crippen molar-refractivity contribution in [3.63, 3.8) is 0 Å². The maximum atomic E-state index is 9.63. The Labute approximate surface area is 122 Å². The average molecular weight is 348 g/mol. The van der Waals surface area contributed by atoms with Crippen LogP contribution in [0.4, 0.5) is 0 Å². The molecule has 0 radical (unpaired) electrons. The lowest BCUT2D eigenvalue weighted by atomic mass is 10.4. The Morgan fingerprint density at radius 1 is 0.714 bits per heavy atom. The fourth-order valence-electron chi connectivity index (χ4n) is 2.01. The van der Waals surface area contributed by atoms with E-state index in [0.717, 1.165) is 26.2 Å². The summed E-state index contributed by atoms with van der Waals surface area (Å²) in [6, 6.07) is 0. The van der Waals surface area contributed by atoms with Crippen LogP contribution in [-0.4, -0.2) is 81.9 Å². The van der Waals surface area contributed by atoms with Crippen molar-refractivity contribution in [3.05, 3.63) is 0 Å². The van der Waals surface area contributed by atoms with Crippen LogP contribution in [0.1, 0.15) is 0 Å². The molecule has 21 heavy (non-hydrogen) atoms. The predicted molar refractivity (Wildman–Crippen MR) is 74.1 cm³/mol. The fraction of sp³-hybridized carbons (Fsp3) is 1.00. The first kappa shape index (κ1) is 19.1. The zero-order valence-electron chi connectivity index (χ0n) is 11.5. The number of nitrogens with zero attached hydrogens (tertiary/aromatic N) is 2. The van der Waals surface area contributed by atoms with Crippen molar-refractivity contribution in [1.82, 2.24) is 20.7 Å². The standard InChI is InChI=1S/C8H18N4.H4O7P2/c1-5-11(6-2-9-1)12-7-3-10-4-8-12;1-8(2,3)7-9(4,5)6/h9-10H,1-8H2;(H2,1,2,3)(H2,4,5,6). The molecule has 126 valence electrons. The smallest absolute Gasteiger partial charge is 0.314 e. The van der Waals surface area contributed by atoms with Crippen molar-refractivity contribution >= 4 is 15.6 Å². The van der Waals surface area contributed by atoms with Crippen molar-refractivity contribution in [2.24, 2.45) is 0 Å². The molecule has 0 saturated carbocycles. The van der Waals surface area contributed by atoms with Crippen LogP contribution in [0.2, 0.25) is 0 Å². The topological polar surface area (TPSA) is 155 Å². The Balaban J connectivity index is 0.000000222. The van der Waals surface area contributed by atoms with Crippen LogP contribution in [0.3, 0.4) is 0 Å². The third-order valence-corrected chi connectivity index (χ3v) is 4.50. The Kier molecular flexibility index (Phi) is 7.90. The van der Waals surface area contributed by atoms with Gasteiger partial charge in [0.2, 0.25) is 0 Å². The minimum atomic E-state index is -5.05. The van der Waals surface area contributed by atoms with Gasteiger partial charge in [-0.25, -0.2) is 19.1 Å². The van der Waals surface area contributed by atoms with E-state index in [9.17, 15) is 9.13 Å². The quantitative estimate of drug-likeness (QED) is 0.311. The van der Waals surface area contributed by atoms with Gasteiger partial charge in [-0.05, 0) is 0 Å². The van der Waals surface area contributed by atoms with Crippen LogP contribution in [0, 0.1) is 0 Å². The van der Waals surface area contributed by atoms with Gasteiger partial charge in [0.25, 0.3) is 0 Å². The number of phosphoric acid groups is 2. The lowest BCUT2D eigenvalue weighted by Crippen LogP contribution is -2.57. The number of rotatable bonds is 3. The van der Waals surface area contributed by atoms with Gasteiger partial charge in [-0.15, -0.1) is 0 Å². The van der Waals surface area contributed by atoms with E-state index in [1.165, 1.54) is 26.2 Å². The highest BCUT2D eigenvalue weighted by atomic mass is 31.3. The predicted octanol–water partition coefficient (Wildman–Crippen LogP) is -2.10. The fourth-order valence-corrected chi connectivity index (χ4v) is 3.12. The summed E-state index contributed by atoms with van der Waals surface area (Å²) in [4.78, 5) is 31.0. The van der Waals surface area contributed by atoms with Crippen LogP contribution in [-0.2, 0) is 13.4 Å². The molecule has 2 heterocycles. The summed E-state index contributed by atoms with van der Waals surface area (Å²) in [7, 11) is -10.1. The molecule has 2 aliphatic heterocycles. The van der Waals surface area contributed by atoms with Crippen molar-refractivity contribution in [2.45, 2.75) is 0 Å². The summed E-state index contributed by atoms with van der Waals surface area (Å²) in [5.74, 6) is 0. The number of hydrogen-bond donors (Lipinski definition) is 6. The van der Waals surface area contributed by atoms with Gasteiger partial charge >= 0.3 is 15.6 Å².